The van der Waals surface area contributed by atoms with Gasteiger partial charge in [-0.3, -0.25) is 14.4 Å². The first-order valence-electron chi connectivity index (χ1n) is 9.90. The number of H-pyrrole nitrogens is 1. The van der Waals surface area contributed by atoms with E-state index >= 15 is 0 Å². The predicted octanol–water partition coefficient (Wildman–Crippen LogP) is 2.56. The van der Waals surface area contributed by atoms with E-state index in [4.69, 9.17) is 0 Å². The number of piperidine rings is 1. The van der Waals surface area contributed by atoms with Crippen LogP contribution in [0.4, 0.5) is 5.69 Å². The smallest absolute Gasteiger partial charge is 0.253 e. The van der Waals surface area contributed by atoms with Gasteiger partial charge in [0.25, 0.3) is 11.8 Å². The molecule has 1 aliphatic heterocycles. The molecule has 0 spiro atoms. The van der Waals surface area contributed by atoms with Gasteiger partial charge in [0.2, 0.25) is 5.91 Å². The van der Waals surface area contributed by atoms with E-state index in [9.17, 15) is 14.4 Å². The van der Waals surface area contributed by atoms with Crippen molar-refractivity contribution in [3.05, 3.63) is 59.9 Å². The summed E-state index contributed by atoms with van der Waals surface area (Å²) >= 11 is 0. The van der Waals surface area contributed by atoms with Crippen LogP contribution in [0.3, 0.4) is 0 Å². The molecule has 0 bridgehead atoms. The Morgan fingerprint density at radius 3 is 2.63 bits per heavy atom. The Kier molecular flexibility index (Phi) is 5.47. The highest BCUT2D eigenvalue weighted by molar-refractivity contribution is 5.98. The molecule has 1 fully saturated rings. The zero-order chi connectivity index (χ0) is 21.1. The molecule has 8 heteroatoms. The van der Waals surface area contributed by atoms with Crippen molar-refractivity contribution in [2.45, 2.75) is 25.8 Å². The van der Waals surface area contributed by atoms with E-state index in [0.717, 1.165) is 11.0 Å². The average Bonchev–Trinajstić information content (AvgIpc) is 3.21. The number of aromatic nitrogens is 2. The summed E-state index contributed by atoms with van der Waals surface area (Å²) in [6, 6.07) is 12.3. The third-order valence-corrected chi connectivity index (χ3v) is 5.23. The number of anilines is 1. The third-order valence-electron chi connectivity index (χ3n) is 5.23. The van der Waals surface area contributed by atoms with Gasteiger partial charge < -0.3 is 20.5 Å². The molecule has 154 valence electrons. The van der Waals surface area contributed by atoms with Gasteiger partial charge in [-0.1, -0.05) is 6.07 Å². The number of fused-ring (bicyclic) bond motifs is 1. The highest BCUT2D eigenvalue weighted by Crippen LogP contribution is 2.18. The van der Waals surface area contributed by atoms with E-state index in [-0.39, 0.29) is 23.8 Å². The minimum absolute atomic E-state index is 0.0183. The summed E-state index contributed by atoms with van der Waals surface area (Å²) in [6.07, 6.45) is 2.98. The van der Waals surface area contributed by atoms with E-state index in [2.05, 4.69) is 20.6 Å². The fraction of sp³-hybridized carbons (Fsp3) is 0.273. The molecular weight excluding hydrogens is 382 g/mol. The molecule has 30 heavy (non-hydrogen) atoms. The predicted molar refractivity (Wildman–Crippen MR) is 113 cm³/mol. The summed E-state index contributed by atoms with van der Waals surface area (Å²) in [6.45, 7) is 2.56. The summed E-state index contributed by atoms with van der Waals surface area (Å²) < 4.78 is 0. The first-order valence-corrected chi connectivity index (χ1v) is 9.90. The highest BCUT2D eigenvalue weighted by Gasteiger charge is 2.25. The lowest BCUT2D eigenvalue weighted by molar-refractivity contribution is -0.114. The maximum Gasteiger partial charge on any atom is 0.253 e. The summed E-state index contributed by atoms with van der Waals surface area (Å²) in [5.41, 5.74) is 3.37. The van der Waals surface area contributed by atoms with Gasteiger partial charge in [0, 0.05) is 42.9 Å². The topological polar surface area (TPSA) is 107 Å². The first kappa shape index (κ1) is 19.6. The Bertz CT molecular complexity index is 1100. The minimum atomic E-state index is -0.178. The van der Waals surface area contributed by atoms with E-state index < -0.39 is 0 Å². The number of rotatable bonds is 4. The molecule has 0 saturated carbocycles. The SMILES string of the molecule is CC(=O)Nc1cccc(C(=O)N2CCC(NC(=O)c3ccc4nc[nH]c4c3)CC2)c1. The summed E-state index contributed by atoms with van der Waals surface area (Å²) in [4.78, 5) is 45.6. The van der Waals surface area contributed by atoms with Crippen molar-refractivity contribution in [3.63, 3.8) is 0 Å². The van der Waals surface area contributed by atoms with Crippen LogP contribution in [0.2, 0.25) is 0 Å². The second-order valence-electron chi connectivity index (χ2n) is 7.44. The van der Waals surface area contributed by atoms with Crippen LogP contribution in [-0.2, 0) is 4.79 Å². The average molecular weight is 405 g/mol. The molecule has 1 saturated heterocycles. The number of nitrogens with one attached hydrogen (secondary N) is 3. The second kappa shape index (κ2) is 8.36. The Balaban J connectivity index is 1.33. The molecule has 3 N–H and O–H groups in total. The Labute approximate surface area is 173 Å². The van der Waals surface area contributed by atoms with Crippen LogP contribution < -0.4 is 10.6 Å². The number of hydrogen-bond acceptors (Lipinski definition) is 4. The van der Waals surface area contributed by atoms with Gasteiger partial charge in [-0.05, 0) is 49.2 Å². The van der Waals surface area contributed by atoms with Crippen LogP contribution in [0.15, 0.2) is 48.8 Å². The van der Waals surface area contributed by atoms with E-state index in [0.29, 0.717) is 42.7 Å². The standard InChI is InChI=1S/C22H23N5O3/c1-14(28)25-18-4-2-3-16(11-18)22(30)27-9-7-17(8-10-27)26-21(29)15-5-6-19-20(12-15)24-13-23-19/h2-6,11-13,17H,7-10H2,1H3,(H,23,24)(H,25,28)(H,26,29). The van der Waals surface area contributed by atoms with E-state index in [1.54, 1.807) is 47.6 Å². The van der Waals surface area contributed by atoms with Gasteiger partial charge in [-0.15, -0.1) is 0 Å². The molecule has 2 heterocycles. The Hall–Kier alpha value is -3.68. The molecule has 0 aliphatic carbocycles. The van der Waals surface area contributed by atoms with Crippen molar-refractivity contribution in [3.8, 4) is 0 Å². The van der Waals surface area contributed by atoms with Crippen LogP contribution in [0.1, 0.15) is 40.5 Å². The van der Waals surface area contributed by atoms with Crippen LogP contribution in [0.25, 0.3) is 11.0 Å². The van der Waals surface area contributed by atoms with Gasteiger partial charge in [-0.2, -0.15) is 0 Å². The lowest BCUT2D eigenvalue weighted by Gasteiger charge is -2.32. The first-order chi connectivity index (χ1) is 14.5. The number of amides is 3. The van der Waals surface area contributed by atoms with Crippen LogP contribution >= 0.6 is 0 Å². The minimum Gasteiger partial charge on any atom is -0.349 e. The van der Waals surface area contributed by atoms with Crippen LogP contribution in [-0.4, -0.2) is 51.7 Å². The van der Waals surface area contributed by atoms with Crippen molar-refractivity contribution in [2.24, 2.45) is 0 Å². The molecule has 0 unspecified atom stereocenters. The largest absolute Gasteiger partial charge is 0.349 e. The van der Waals surface area contributed by atoms with E-state index in [1.165, 1.54) is 6.92 Å². The third kappa shape index (κ3) is 4.32. The zero-order valence-corrected chi connectivity index (χ0v) is 16.6. The fourth-order valence-electron chi connectivity index (χ4n) is 3.69. The summed E-state index contributed by atoms with van der Waals surface area (Å²) in [5, 5.41) is 5.76. The lowest BCUT2D eigenvalue weighted by Crippen LogP contribution is -2.46. The highest BCUT2D eigenvalue weighted by atomic mass is 16.2. The van der Waals surface area contributed by atoms with Gasteiger partial charge in [0.15, 0.2) is 0 Å². The van der Waals surface area contributed by atoms with Crippen molar-refractivity contribution in [1.82, 2.24) is 20.2 Å². The molecule has 3 aromatic rings. The number of carbonyl (C=O) groups is 3. The molecule has 2 aromatic carbocycles. The van der Waals surface area contributed by atoms with Crippen molar-refractivity contribution < 1.29 is 14.4 Å². The van der Waals surface area contributed by atoms with E-state index in [1.807, 2.05) is 6.07 Å². The quantitative estimate of drug-likeness (QED) is 0.620. The number of carbonyl (C=O) groups excluding carboxylic acids is 3. The Morgan fingerprint density at radius 1 is 1.07 bits per heavy atom. The van der Waals surface area contributed by atoms with Crippen LogP contribution in [0, 0.1) is 0 Å². The molecule has 3 amide bonds. The normalized spacial score (nSPS) is 14.5. The van der Waals surface area contributed by atoms with Crippen molar-refractivity contribution >= 4 is 34.4 Å². The molecule has 1 aromatic heterocycles. The number of aromatic amines is 1. The molecule has 1 aliphatic rings. The molecule has 0 atom stereocenters. The number of imidazole rings is 1. The Morgan fingerprint density at radius 2 is 1.87 bits per heavy atom. The monoisotopic (exact) mass is 405 g/mol. The molecule has 8 nitrogen and oxygen atoms in total. The van der Waals surface area contributed by atoms with Gasteiger partial charge in [-0.25, -0.2) is 4.98 Å². The van der Waals surface area contributed by atoms with Crippen molar-refractivity contribution in [1.29, 1.82) is 0 Å². The van der Waals surface area contributed by atoms with Gasteiger partial charge >= 0.3 is 0 Å². The summed E-state index contributed by atoms with van der Waals surface area (Å²) in [5.74, 6) is -0.376. The molecular formula is C22H23N5O3. The lowest BCUT2D eigenvalue weighted by atomic mass is 10.0. The zero-order valence-electron chi connectivity index (χ0n) is 16.6. The molecule has 0 radical (unpaired) electrons. The number of likely N-dealkylation sites (tertiary alicyclic amines) is 1. The fourth-order valence-corrected chi connectivity index (χ4v) is 3.69. The summed E-state index contributed by atoms with van der Waals surface area (Å²) in [7, 11) is 0. The number of benzene rings is 2. The maximum atomic E-state index is 12.8. The maximum absolute atomic E-state index is 12.8. The second-order valence-corrected chi connectivity index (χ2v) is 7.44. The van der Waals surface area contributed by atoms with Crippen LogP contribution in [0.5, 0.6) is 0 Å². The van der Waals surface area contributed by atoms with Gasteiger partial charge in [0.1, 0.15) is 0 Å². The number of hydrogen-bond donors (Lipinski definition) is 3. The number of nitrogens with zero attached hydrogens (tertiary/aromatic N) is 2. The van der Waals surface area contributed by atoms with Gasteiger partial charge in [0.05, 0.1) is 17.4 Å². The molecule has 4 rings (SSSR count). The van der Waals surface area contributed by atoms with Crippen molar-refractivity contribution in [2.75, 3.05) is 18.4 Å².